The zero-order valence-electron chi connectivity index (χ0n) is 17.0. The molecule has 0 radical (unpaired) electrons. The summed E-state index contributed by atoms with van der Waals surface area (Å²) in [6.45, 7) is 3.18. The van der Waals surface area contributed by atoms with E-state index in [-0.39, 0.29) is 11.8 Å². The first kappa shape index (κ1) is 20.6. The van der Waals surface area contributed by atoms with Crippen LogP contribution < -0.4 is 10.1 Å². The van der Waals surface area contributed by atoms with Gasteiger partial charge in [0.1, 0.15) is 5.75 Å². The van der Waals surface area contributed by atoms with Crippen molar-refractivity contribution in [3.63, 3.8) is 0 Å². The summed E-state index contributed by atoms with van der Waals surface area (Å²) >= 11 is 0. The monoisotopic (exact) mass is 387 g/mol. The fraction of sp³-hybridized carbons (Fsp3) is 0.636. The number of amides is 2. The van der Waals surface area contributed by atoms with Crippen molar-refractivity contribution in [3.05, 3.63) is 29.8 Å². The van der Waals surface area contributed by atoms with Gasteiger partial charge in [0.2, 0.25) is 5.91 Å². The van der Waals surface area contributed by atoms with Gasteiger partial charge in [0.15, 0.2) is 0 Å². The van der Waals surface area contributed by atoms with Crippen molar-refractivity contribution >= 4 is 11.8 Å². The lowest BCUT2D eigenvalue weighted by Gasteiger charge is -2.34. The number of nitrogens with one attached hydrogen (secondary N) is 1. The molecule has 0 aromatic heterocycles. The Morgan fingerprint density at radius 2 is 1.71 bits per heavy atom. The highest BCUT2D eigenvalue weighted by Crippen LogP contribution is 2.18. The molecular formula is C22H33N3O3. The van der Waals surface area contributed by atoms with E-state index in [0.29, 0.717) is 37.0 Å². The highest BCUT2D eigenvalue weighted by molar-refractivity contribution is 5.94. The Labute approximate surface area is 168 Å². The van der Waals surface area contributed by atoms with E-state index < -0.39 is 0 Å². The maximum Gasteiger partial charge on any atom is 0.254 e. The SMILES string of the molecule is COc1cccc(C(=O)N2CCN(CC(=O)NC3CCCCCCC3)CC2)c1. The summed E-state index contributed by atoms with van der Waals surface area (Å²) in [6.07, 6.45) is 8.56. The number of rotatable bonds is 5. The minimum absolute atomic E-state index is 0.0255. The summed E-state index contributed by atoms with van der Waals surface area (Å²) < 4.78 is 5.21. The highest BCUT2D eigenvalue weighted by atomic mass is 16.5. The Morgan fingerprint density at radius 1 is 1.04 bits per heavy atom. The van der Waals surface area contributed by atoms with Crippen molar-refractivity contribution in [2.24, 2.45) is 0 Å². The average Bonchev–Trinajstić information content (AvgIpc) is 2.70. The Morgan fingerprint density at radius 3 is 2.39 bits per heavy atom. The van der Waals surface area contributed by atoms with E-state index in [9.17, 15) is 9.59 Å². The first-order valence-electron chi connectivity index (χ1n) is 10.6. The molecule has 2 aliphatic rings. The van der Waals surface area contributed by atoms with Crippen LogP contribution in [0.3, 0.4) is 0 Å². The number of piperazine rings is 1. The maximum absolute atomic E-state index is 12.7. The fourth-order valence-corrected chi connectivity index (χ4v) is 4.12. The van der Waals surface area contributed by atoms with E-state index in [2.05, 4.69) is 10.2 Å². The van der Waals surface area contributed by atoms with Crippen LogP contribution in [0, 0.1) is 0 Å². The molecule has 0 unspecified atom stereocenters. The number of carbonyl (C=O) groups is 2. The number of ether oxygens (including phenoxy) is 1. The van der Waals surface area contributed by atoms with E-state index >= 15 is 0 Å². The van der Waals surface area contributed by atoms with Gasteiger partial charge in [0.05, 0.1) is 13.7 Å². The molecule has 1 aromatic carbocycles. The largest absolute Gasteiger partial charge is 0.497 e. The topological polar surface area (TPSA) is 61.9 Å². The number of carbonyl (C=O) groups excluding carboxylic acids is 2. The third kappa shape index (κ3) is 5.96. The molecular weight excluding hydrogens is 354 g/mol. The van der Waals surface area contributed by atoms with E-state index in [1.165, 1.54) is 32.1 Å². The van der Waals surface area contributed by atoms with Gasteiger partial charge in [-0.05, 0) is 31.0 Å². The number of nitrogens with zero attached hydrogens (tertiary/aromatic N) is 2. The molecule has 2 fully saturated rings. The number of benzene rings is 1. The number of methoxy groups -OCH3 is 1. The zero-order valence-corrected chi connectivity index (χ0v) is 17.0. The molecule has 28 heavy (non-hydrogen) atoms. The summed E-state index contributed by atoms with van der Waals surface area (Å²) in [5.74, 6) is 0.839. The summed E-state index contributed by atoms with van der Waals surface area (Å²) in [5, 5.41) is 3.23. The van der Waals surface area contributed by atoms with E-state index in [0.717, 1.165) is 25.9 Å². The molecule has 6 heteroatoms. The van der Waals surface area contributed by atoms with Gasteiger partial charge in [-0.3, -0.25) is 14.5 Å². The second kappa shape index (κ2) is 10.5. The molecule has 2 amide bonds. The van der Waals surface area contributed by atoms with E-state index in [1.54, 1.807) is 13.2 Å². The van der Waals surface area contributed by atoms with Crippen LogP contribution in [0.4, 0.5) is 0 Å². The maximum atomic E-state index is 12.7. The quantitative estimate of drug-likeness (QED) is 0.844. The van der Waals surface area contributed by atoms with Gasteiger partial charge in [-0.15, -0.1) is 0 Å². The normalized spacial score (nSPS) is 19.5. The van der Waals surface area contributed by atoms with Crippen LogP contribution in [-0.2, 0) is 4.79 Å². The Kier molecular flexibility index (Phi) is 7.71. The van der Waals surface area contributed by atoms with Crippen LogP contribution in [0.5, 0.6) is 5.75 Å². The summed E-state index contributed by atoms with van der Waals surface area (Å²) in [5.41, 5.74) is 0.648. The molecule has 1 saturated heterocycles. The zero-order chi connectivity index (χ0) is 19.8. The van der Waals surface area contributed by atoms with Crippen molar-refractivity contribution in [2.75, 3.05) is 39.8 Å². The summed E-state index contributed by atoms with van der Waals surface area (Å²) in [7, 11) is 1.60. The number of hydrogen-bond donors (Lipinski definition) is 1. The minimum Gasteiger partial charge on any atom is -0.497 e. The summed E-state index contributed by atoms with van der Waals surface area (Å²) in [6, 6.07) is 7.60. The van der Waals surface area contributed by atoms with Crippen LogP contribution in [0.25, 0.3) is 0 Å². The lowest BCUT2D eigenvalue weighted by Crippen LogP contribution is -2.52. The smallest absolute Gasteiger partial charge is 0.254 e. The minimum atomic E-state index is 0.0255. The van der Waals surface area contributed by atoms with Crippen LogP contribution in [0.1, 0.15) is 55.3 Å². The molecule has 1 aliphatic carbocycles. The molecule has 6 nitrogen and oxygen atoms in total. The van der Waals surface area contributed by atoms with Gasteiger partial charge in [-0.2, -0.15) is 0 Å². The van der Waals surface area contributed by atoms with Gasteiger partial charge in [-0.1, -0.05) is 38.2 Å². The molecule has 1 heterocycles. The van der Waals surface area contributed by atoms with Gasteiger partial charge in [0.25, 0.3) is 5.91 Å². The lowest BCUT2D eigenvalue weighted by atomic mass is 9.97. The lowest BCUT2D eigenvalue weighted by molar-refractivity contribution is -0.123. The molecule has 154 valence electrons. The molecule has 0 spiro atoms. The van der Waals surface area contributed by atoms with Crippen LogP contribution in [0.15, 0.2) is 24.3 Å². The van der Waals surface area contributed by atoms with Crippen LogP contribution in [0.2, 0.25) is 0 Å². The molecule has 0 atom stereocenters. The molecule has 0 bridgehead atoms. The first-order chi connectivity index (χ1) is 13.7. The highest BCUT2D eigenvalue weighted by Gasteiger charge is 2.24. The fourth-order valence-electron chi connectivity index (χ4n) is 4.12. The molecule has 1 aliphatic heterocycles. The van der Waals surface area contributed by atoms with Crippen molar-refractivity contribution in [1.82, 2.24) is 15.1 Å². The average molecular weight is 388 g/mol. The van der Waals surface area contributed by atoms with Gasteiger partial charge in [0, 0.05) is 37.8 Å². The van der Waals surface area contributed by atoms with Crippen LogP contribution >= 0.6 is 0 Å². The van der Waals surface area contributed by atoms with Crippen molar-refractivity contribution < 1.29 is 14.3 Å². The third-order valence-electron chi connectivity index (χ3n) is 5.81. The van der Waals surface area contributed by atoms with E-state index in [1.807, 2.05) is 23.1 Å². The predicted molar refractivity (Wildman–Crippen MR) is 110 cm³/mol. The second-order valence-corrected chi connectivity index (χ2v) is 7.91. The second-order valence-electron chi connectivity index (χ2n) is 7.91. The predicted octanol–water partition coefficient (Wildman–Crippen LogP) is 2.68. The van der Waals surface area contributed by atoms with Crippen molar-refractivity contribution in [3.8, 4) is 5.75 Å². The van der Waals surface area contributed by atoms with Gasteiger partial charge >= 0.3 is 0 Å². The molecule has 1 N–H and O–H groups in total. The van der Waals surface area contributed by atoms with Gasteiger partial charge < -0.3 is 15.0 Å². The van der Waals surface area contributed by atoms with Crippen LogP contribution in [-0.4, -0.2) is 67.5 Å². The van der Waals surface area contributed by atoms with Gasteiger partial charge in [-0.25, -0.2) is 0 Å². The number of hydrogen-bond acceptors (Lipinski definition) is 4. The first-order valence-corrected chi connectivity index (χ1v) is 10.6. The molecule has 3 rings (SSSR count). The Bertz CT molecular complexity index is 648. The Hall–Kier alpha value is -2.08. The van der Waals surface area contributed by atoms with E-state index in [4.69, 9.17) is 4.74 Å². The van der Waals surface area contributed by atoms with Crippen molar-refractivity contribution in [1.29, 1.82) is 0 Å². The molecule has 1 aromatic rings. The summed E-state index contributed by atoms with van der Waals surface area (Å²) in [4.78, 5) is 29.1. The molecule has 1 saturated carbocycles. The standard InChI is InChI=1S/C22H33N3O3/c1-28-20-11-7-8-18(16-20)22(27)25-14-12-24(13-15-25)17-21(26)23-19-9-5-3-2-4-6-10-19/h7-8,11,16,19H,2-6,9-10,12-15,17H2,1H3,(H,23,26). The van der Waals surface area contributed by atoms with Crippen molar-refractivity contribution in [2.45, 2.75) is 51.0 Å². The third-order valence-corrected chi connectivity index (χ3v) is 5.81. The Balaban J connectivity index is 1.43.